The molecule has 1 aliphatic heterocycles. The molecule has 144 valence electrons. The van der Waals surface area contributed by atoms with Gasteiger partial charge in [0.15, 0.2) is 6.61 Å². The number of nitrogens with zero attached hydrogens (tertiary/aromatic N) is 1. The summed E-state index contributed by atoms with van der Waals surface area (Å²) < 4.78 is 11.0. The number of rotatable bonds is 8. The Bertz CT molecular complexity index is 697. The van der Waals surface area contributed by atoms with Gasteiger partial charge in [0.25, 0.3) is 5.91 Å². The lowest BCUT2D eigenvalue weighted by atomic mass is 10.0. The van der Waals surface area contributed by atoms with Gasteiger partial charge >= 0.3 is 0 Å². The van der Waals surface area contributed by atoms with Crippen molar-refractivity contribution in [1.29, 1.82) is 0 Å². The summed E-state index contributed by atoms with van der Waals surface area (Å²) in [5.74, 6) is 0.617. The van der Waals surface area contributed by atoms with Gasteiger partial charge in [-0.3, -0.25) is 9.69 Å². The first-order valence-electron chi connectivity index (χ1n) is 9.52. The number of amides is 1. The van der Waals surface area contributed by atoms with Gasteiger partial charge in [-0.25, -0.2) is 0 Å². The molecule has 0 aromatic heterocycles. The minimum atomic E-state index is -0.0955. The van der Waals surface area contributed by atoms with Crippen LogP contribution < -0.4 is 10.1 Å². The van der Waals surface area contributed by atoms with E-state index in [1.807, 2.05) is 37.3 Å². The number of morpholine rings is 1. The summed E-state index contributed by atoms with van der Waals surface area (Å²) in [7, 11) is 0. The number of hydrogen-bond acceptors (Lipinski definition) is 4. The number of carbonyl (C=O) groups is 1. The first kappa shape index (κ1) is 19.4. The summed E-state index contributed by atoms with van der Waals surface area (Å²) >= 11 is 0. The average Bonchev–Trinajstić information content (AvgIpc) is 2.72. The van der Waals surface area contributed by atoms with E-state index in [9.17, 15) is 4.79 Å². The largest absolute Gasteiger partial charge is 0.484 e. The van der Waals surface area contributed by atoms with Crippen LogP contribution in [0, 0.1) is 6.92 Å². The van der Waals surface area contributed by atoms with Crippen LogP contribution in [0.15, 0.2) is 54.6 Å². The molecule has 0 saturated carbocycles. The Balaban J connectivity index is 1.51. The minimum Gasteiger partial charge on any atom is -0.484 e. The minimum absolute atomic E-state index is 0.0320. The summed E-state index contributed by atoms with van der Waals surface area (Å²) in [6.07, 6.45) is 0.903. The Morgan fingerprint density at radius 1 is 1.11 bits per heavy atom. The van der Waals surface area contributed by atoms with E-state index in [0.29, 0.717) is 12.3 Å². The fraction of sp³-hybridized carbons (Fsp3) is 0.409. The van der Waals surface area contributed by atoms with E-state index >= 15 is 0 Å². The van der Waals surface area contributed by atoms with Crippen LogP contribution in [0.5, 0.6) is 5.75 Å². The lowest BCUT2D eigenvalue weighted by Gasteiger charge is -2.34. The van der Waals surface area contributed by atoms with Crippen LogP contribution in [0.25, 0.3) is 0 Å². The SMILES string of the molecule is Cc1ccc(OCC(=O)NCC(Cc2ccccc2)N2CCOCC2)cc1. The molecule has 0 bridgehead atoms. The van der Waals surface area contributed by atoms with E-state index < -0.39 is 0 Å². The molecule has 1 N–H and O–H groups in total. The number of hydrogen-bond donors (Lipinski definition) is 1. The van der Waals surface area contributed by atoms with Crippen LogP contribution in [0.1, 0.15) is 11.1 Å². The molecule has 0 aliphatic carbocycles. The van der Waals surface area contributed by atoms with E-state index in [0.717, 1.165) is 32.7 Å². The third-order valence-corrected chi connectivity index (χ3v) is 4.80. The fourth-order valence-electron chi connectivity index (χ4n) is 3.23. The van der Waals surface area contributed by atoms with Crippen molar-refractivity contribution in [2.24, 2.45) is 0 Å². The monoisotopic (exact) mass is 368 g/mol. The second-order valence-corrected chi connectivity index (χ2v) is 6.90. The van der Waals surface area contributed by atoms with Crippen LogP contribution in [0.2, 0.25) is 0 Å². The van der Waals surface area contributed by atoms with E-state index in [1.165, 1.54) is 11.1 Å². The van der Waals surface area contributed by atoms with Gasteiger partial charge in [-0.2, -0.15) is 0 Å². The van der Waals surface area contributed by atoms with E-state index in [-0.39, 0.29) is 18.6 Å². The summed E-state index contributed by atoms with van der Waals surface area (Å²) in [6.45, 7) is 5.94. The van der Waals surface area contributed by atoms with Gasteiger partial charge in [-0.1, -0.05) is 48.0 Å². The van der Waals surface area contributed by atoms with Crippen molar-refractivity contribution >= 4 is 5.91 Å². The maximum absolute atomic E-state index is 12.2. The molecule has 1 saturated heterocycles. The van der Waals surface area contributed by atoms with Crippen molar-refractivity contribution in [3.8, 4) is 5.75 Å². The molecular formula is C22H28N2O3. The average molecular weight is 368 g/mol. The van der Waals surface area contributed by atoms with Crippen LogP contribution in [-0.2, 0) is 16.0 Å². The normalized spacial score (nSPS) is 15.9. The molecule has 3 rings (SSSR count). The Hall–Kier alpha value is -2.37. The van der Waals surface area contributed by atoms with Crippen molar-refractivity contribution in [1.82, 2.24) is 10.2 Å². The van der Waals surface area contributed by atoms with E-state index in [4.69, 9.17) is 9.47 Å². The van der Waals surface area contributed by atoms with Crippen molar-refractivity contribution in [3.05, 3.63) is 65.7 Å². The zero-order valence-corrected chi connectivity index (χ0v) is 15.9. The Kier molecular flexibility index (Phi) is 7.25. The molecule has 1 fully saturated rings. The van der Waals surface area contributed by atoms with Gasteiger partial charge in [0.1, 0.15) is 5.75 Å². The molecule has 5 nitrogen and oxygen atoms in total. The molecule has 5 heteroatoms. The molecule has 1 aliphatic rings. The fourth-order valence-corrected chi connectivity index (χ4v) is 3.23. The van der Waals surface area contributed by atoms with Crippen LogP contribution in [0.3, 0.4) is 0 Å². The van der Waals surface area contributed by atoms with E-state index in [2.05, 4.69) is 34.5 Å². The number of nitrogens with one attached hydrogen (secondary N) is 1. The van der Waals surface area contributed by atoms with Crippen LogP contribution >= 0.6 is 0 Å². The zero-order chi connectivity index (χ0) is 18.9. The van der Waals surface area contributed by atoms with Crippen molar-refractivity contribution < 1.29 is 14.3 Å². The number of aryl methyl sites for hydroxylation is 1. The predicted octanol–water partition coefficient (Wildman–Crippen LogP) is 2.43. The standard InChI is InChI=1S/C22H28N2O3/c1-18-7-9-21(10-8-18)27-17-22(25)23-16-20(24-11-13-26-14-12-24)15-19-5-3-2-4-6-19/h2-10,20H,11-17H2,1H3,(H,23,25). The van der Waals surface area contributed by atoms with Gasteiger partial charge in [0, 0.05) is 25.7 Å². The zero-order valence-electron chi connectivity index (χ0n) is 15.9. The molecule has 1 unspecified atom stereocenters. The van der Waals surface area contributed by atoms with Gasteiger partial charge in [0.2, 0.25) is 0 Å². The molecule has 0 radical (unpaired) electrons. The highest BCUT2D eigenvalue weighted by atomic mass is 16.5. The second-order valence-electron chi connectivity index (χ2n) is 6.90. The second kappa shape index (κ2) is 10.1. The Morgan fingerprint density at radius 3 is 2.52 bits per heavy atom. The van der Waals surface area contributed by atoms with E-state index in [1.54, 1.807) is 0 Å². The Labute approximate surface area is 161 Å². The highest BCUT2D eigenvalue weighted by Gasteiger charge is 2.22. The van der Waals surface area contributed by atoms with Gasteiger partial charge in [-0.15, -0.1) is 0 Å². The lowest BCUT2D eigenvalue weighted by Crippen LogP contribution is -2.50. The number of benzene rings is 2. The molecule has 1 heterocycles. The van der Waals surface area contributed by atoms with Crippen molar-refractivity contribution in [3.63, 3.8) is 0 Å². The van der Waals surface area contributed by atoms with Crippen LogP contribution in [0.4, 0.5) is 0 Å². The first-order valence-corrected chi connectivity index (χ1v) is 9.52. The maximum atomic E-state index is 12.2. The van der Waals surface area contributed by atoms with Crippen molar-refractivity contribution in [2.75, 3.05) is 39.5 Å². The van der Waals surface area contributed by atoms with Crippen LogP contribution in [-0.4, -0.2) is 56.3 Å². The summed E-state index contributed by atoms with van der Waals surface area (Å²) in [5, 5.41) is 3.04. The number of carbonyl (C=O) groups excluding carboxylic acids is 1. The van der Waals surface area contributed by atoms with Gasteiger partial charge < -0.3 is 14.8 Å². The Morgan fingerprint density at radius 2 is 1.81 bits per heavy atom. The molecular weight excluding hydrogens is 340 g/mol. The smallest absolute Gasteiger partial charge is 0.257 e. The summed E-state index contributed by atoms with van der Waals surface area (Å²) in [4.78, 5) is 14.6. The first-order chi connectivity index (χ1) is 13.2. The van der Waals surface area contributed by atoms with Gasteiger partial charge in [-0.05, 0) is 31.0 Å². The van der Waals surface area contributed by atoms with Gasteiger partial charge in [0.05, 0.1) is 13.2 Å². The molecule has 1 atom stereocenters. The maximum Gasteiger partial charge on any atom is 0.257 e. The highest BCUT2D eigenvalue weighted by molar-refractivity contribution is 5.77. The topological polar surface area (TPSA) is 50.8 Å². The highest BCUT2D eigenvalue weighted by Crippen LogP contribution is 2.12. The predicted molar refractivity (Wildman–Crippen MR) is 106 cm³/mol. The molecule has 1 amide bonds. The summed E-state index contributed by atoms with van der Waals surface area (Å²) in [6, 6.07) is 18.4. The molecule has 2 aromatic rings. The van der Waals surface area contributed by atoms with Crippen molar-refractivity contribution in [2.45, 2.75) is 19.4 Å². The summed E-state index contributed by atoms with van der Waals surface area (Å²) in [5.41, 5.74) is 2.44. The molecule has 0 spiro atoms. The molecule has 27 heavy (non-hydrogen) atoms. The third-order valence-electron chi connectivity index (χ3n) is 4.80. The third kappa shape index (κ3) is 6.38. The quantitative estimate of drug-likeness (QED) is 0.778. The molecule has 2 aromatic carbocycles. The number of ether oxygens (including phenoxy) is 2. The lowest BCUT2D eigenvalue weighted by molar-refractivity contribution is -0.123.